The number of H-pyrrole nitrogens is 2. The average Bonchev–Trinajstić information content (AvgIpc) is 3.42. The molecule has 6 aromatic rings. The van der Waals surface area contributed by atoms with E-state index in [4.69, 9.17) is 0 Å². The summed E-state index contributed by atoms with van der Waals surface area (Å²) in [6.07, 6.45) is 5.11. The number of nitrogens with zero attached hydrogens (tertiary/aromatic N) is 3. The third-order valence-electron chi connectivity index (χ3n) is 5.73. The fourth-order valence-electron chi connectivity index (χ4n) is 4.27. The second-order valence-corrected chi connectivity index (χ2v) is 7.93. The van der Waals surface area contributed by atoms with Gasteiger partial charge in [0.05, 0.1) is 11.2 Å². The molecular formula is C26H18FN5. The average molecular weight is 419 g/mol. The van der Waals surface area contributed by atoms with E-state index in [2.05, 4.69) is 37.3 Å². The van der Waals surface area contributed by atoms with E-state index in [-0.39, 0.29) is 5.82 Å². The van der Waals surface area contributed by atoms with E-state index in [1.165, 1.54) is 12.4 Å². The molecule has 0 aliphatic carbocycles. The number of aromatic amines is 2. The topological polar surface area (TPSA) is 70.2 Å². The van der Waals surface area contributed by atoms with Crippen LogP contribution in [0, 0.1) is 12.7 Å². The Morgan fingerprint density at radius 1 is 0.781 bits per heavy atom. The van der Waals surface area contributed by atoms with Crippen LogP contribution in [-0.4, -0.2) is 25.1 Å². The smallest absolute Gasteiger partial charge is 0.124 e. The van der Waals surface area contributed by atoms with Crippen molar-refractivity contribution in [1.82, 2.24) is 25.1 Å². The molecule has 3 aromatic carbocycles. The molecule has 6 rings (SSSR count). The summed E-state index contributed by atoms with van der Waals surface area (Å²) in [6.45, 7) is 1.90. The molecule has 0 spiro atoms. The number of fused-ring (bicyclic) bond motifs is 2. The van der Waals surface area contributed by atoms with Gasteiger partial charge in [0, 0.05) is 34.2 Å². The fraction of sp³-hybridized carbons (Fsp3) is 0.0385. The van der Waals surface area contributed by atoms with E-state index in [0.717, 1.165) is 61.0 Å². The number of aromatic nitrogens is 5. The van der Waals surface area contributed by atoms with Crippen LogP contribution in [0.2, 0.25) is 0 Å². The number of hydrogen-bond donors (Lipinski definition) is 2. The third-order valence-corrected chi connectivity index (χ3v) is 5.73. The predicted octanol–water partition coefficient (Wildman–Crippen LogP) is 6.28. The quantitative estimate of drug-likeness (QED) is 0.354. The maximum absolute atomic E-state index is 14.1. The van der Waals surface area contributed by atoms with Crippen molar-refractivity contribution in [2.75, 3.05) is 0 Å². The zero-order chi connectivity index (χ0) is 21.7. The van der Waals surface area contributed by atoms with E-state index in [1.807, 2.05) is 43.3 Å². The van der Waals surface area contributed by atoms with Crippen molar-refractivity contribution in [2.24, 2.45) is 0 Å². The maximum atomic E-state index is 14.1. The molecule has 0 fully saturated rings. The monoisotopic (exact) mass is 419 g/mol. The number of rotatable bonds is 3. The minimum Gasteiger partial charge on any atom is -0.353 e. The van der Waals surface area contributed by atoms with E-state index < -0.39 is 0 Å². The van der Waals surface area contributed by atoms with Crippen LogP contribution in [0.3, 0.4) is 0 Å². The first-order valence-electron chi connectivity index (χ1n) is 10.3. The van der Waals surface area contributed by atoms with Crippen molar-refractivity contribution in [3.05, 3.63) is 90.8 Å². The Morgan fingerprint density at radius 2 is 1.66 bits per heavy atom. The SMILES string of the molecule is Cc1cc(F)cc(-c2cccc3[nH]c(-c4n[nH]c5ccc(-c6cncnc6)cc45)cc23)c1. The Kier molecular flexibility index (Phi) is 4.11. The lowest BCUT2D eigenvalue weighted by atomic mass is 9.99. The molecule has 0 aliphatic rings. The minimum atomic E-state index is -0.233. The summed E-state index contributed by atoms with van der Waals surface area (Å²) in [7, 11) is 0. The van der Waals surface area contributed by atoms with Crippen LogP contribution in [-0.2, 0) is 0 Å². The van der Waals surface area contributed by atoms with E-state index in [1.54, 1.807) is 18.5 Å². The van der Waals surface area contributed by atoms with Crippen molar-refractivity contribution in [2.45, 2.75) is 6.92 Å². The van der Waals surface area contributed by atoms with Crippen LogP contribution >= 0.6 is 0 Å². The number of nitrogens with one attached hydrogen (secondary N) is 2. The highest BCUT2D eigenvalue weighted by Crippen LogP contribution is 2.35. The Morgan fingerprint density at radius 3 is 2.50 bits per heavy atom. The standard InChI is InChI=1S/C26H18FN5/c1-15-7-17(9-19(27)8-15)20-3-2-4-23-21(20)11-25(30-23)26-22-10-16(5-6-24(22)31-32-26)18-12-28-14-29-13-18/h2-14,30H,1H3,(H,31,32). The van der Waals surface area contributed by atoms with Gasteiger partial charge >= 0.3 is 0 Å². The Labute approximate surface area is 183 Å². The lowest BCUT2D eigenvalue weighted by molar-refractivity contribution is 0.627. The fourth-order valence-corrected chi connectivity index (χ4v) is 4.27. The van der Waals surface area contributed by atoms with Gasteiger partial charge in [-0.2, -0.15) is 5.10 Å². The summed E-state index contributed by atoms with van der Waals surface area (Å²) < 4.78 is 14.1. The summed E-state index contributed by atoms with van der Waals surface area (Å²) in [5, 5.41) is 9.72. The van der Waals surface area contributed by atoms with Crippen molar-refractivity contribution >= 4 is 21.8 Å². The normalized spacial score (nSPS) is 11.4. The van der Waals surface area contributed by atoms with Gasteiger partial charge in [-0.15, -0.1) is 0 Å². The zero-order valence-electron chi connectivity index (χ0n) is 17.2. The summed E-state index contributed by atoms with van der Waals surface area (Å²) >= 11 is 0. The minimum absolute atomic E-state index is 0.233. The van der Waals surface area contributed by atoms with Gasteiger partial charge in [-0.05, 0) is 65.6 Å². The Hall–Kier alpha value is -4.32. The molecule has 0 saturated heterocycles. The molecule has 6 heteroatoms. The van der Waals surface area contributed by atoms with E-state index >= 15 is 0 Å². The molecule has 0 amide bonds. The van der Waals surface area contributed by atoms with Crippen LogP contribution in [0.25, 0.3) is 55.4 Å². The molecular weight excluding hydrogens is 401 g/mol. The van der Waals surface area contributed by atoms with Gasteiger partial charge in [-0.1, -0.05) is 24.3 Å². The number of benzene rings is 3. The second kappa shape index (κ2) is 7.13. The second-order valence-electron chi connectivity index (χ2n) is 7.93. The molecule has 154 valence electrons. The zero-order valence-corrected chi connectivity index (χ0v) is 17.2. The van der Waals surface area contributed by atoms with Gasteiger partial charge in [0.1, 0.15) is 17.8 Å². The van der Waals surface area contributed by atoms with Crippen LogP contribution < -0.4 is 0 Å². The molecule has 0 radical (unpaired) electrons. The third kappa shape index (κ3) is 3.04. The van der Waals surface area contributed by atoms with Gasteiger partial charge in [0.25, 0.3) is 0 Å². The largest absolute Gasteiger partial charge is 0.353 e. The molecule has 3 aromatic heterocycles. The summed E-state index contributed by atoms with van der Waals surface area (Å²) in [5.74, 6) is -0.233. The van der Waals surface area contributed by atoms with Gasteiger partial charge in [-0.3, -0.25) is 5.10 Å². The first-order valence-corrected chi connectivity index (χ1v) is 10.3. The summed E-state index contributed by atoms with van der Waals surface area (Å²) in [5.41, 5.74) is 8.35. The highest BCUT2D eigenvalue weighted by Gasteiger charge is 2.15. The van der Waals surface area contributed by atoms with Gasteiger partial charge in [0.2, 0.25) is 0 Å². The Balaban J connectivity index is 1.52. The van der Waals surface area contributed by atoms with Crippen molar-refractivity contribution in [1.29, 1.82) is 0 Å². The molecule has 0 atom stereocenters. The highest BCUT2D eigenvalue weighted by molar-refractivity contribution is 6.01. The van der Waals surface area contributed by atoms with E-state index in [9.17, 15) is 4.39 Å². The van der Waals surface area contributed by atoms with Crippen LogP contribution in [0.4, 0.5) is 4.39 Å². The first-order chi connectivity index (χ1) is 15.7. The highest BCUT2D eigenvalue weighted by atomic mass is 19.1. The molecule has 2 N–H and O–H groups in total. The van der Waals surface area contributed by atoms with Crippen LogP contribution in [0.15, 0.2) is 79.4 Å². The molecule has 3 heterocycles. The van der Waals surface area contributed by atoms with Gasteiger partial charge in [-0.25, -0.2) is 14.4 Å². The lowest BCUT2D eigenvalue weighted by Gasteiger charge is -2.05. The van der Waals surface area contributed by atoms with Gasteiger partial charge < -0.3 is 4.98 Å². The molecule has 32 heavy (non-hydrogen) atoms. The van der Waals surface area contributed by atoms with Crippen molar-refractivity contribution < 1.29 is 4.39 Å². The maximum Gasteiger partial charge on any atom is 0.124 e. The molecule has 5 nitrogen and oxygen atoms in total. The number of halogens is 1. The molecule has 0 saturated carbocycles. The number of aryl methyl sites for hydroxylation is 1. The van der Waals surface area contributed by atoms with Crippen molar-refractivity contribution in [3.63, 3.8) is 0 Å². The van der Waals surface area contributed by atoms with Crippen LogP contribution in [0.5, 0.6) is 0 Å². The van der Waals surface area contributed by atoms with Crippen LogP contribution in [0.1, 0.15) is 5.56 Å². The number of hydrogen-bond acceptors (Lipinski definition) is 3. The lowest BCUT2D eigenvalue weighted by Crippen LogP contribution is -1.84. The predicted molar refractivity (Wildman–Crippen MR) is 125 cm³/mol. The van der Waals surface area contributed by atoms with E-state index in [0.29, 0.717) is 0 Å². The molecule has 0 aliphatic heterocycles. The molecule has 0 bridgehead atoms. The first kappa shape index (κ1) is 18.4. The molecule has 0 unspecified atom stereocenters. The van der Waals surface area contributed by atoms with Gasteiger partial charge in [0.15, 0.2) is 0 Å². The summed E-state index contributed by atoms with van der Waals surface area (Å²) in [4.78, 5) is 11.7. The van der Waals surface area contributed by atoms with Crippen molar-refractivity contribution in [3.8, 4) is 33.6 Å². The summed E-state index contributed by atoms with van der Waals surface area (Å²) in [6, 6.07) is 19.4. The Bertz CT molecular complexity index is 1580.